The highest BCUT2D eigenvalue weighted by Crippen LogP contribution is 2.21. The molecule has 0 atom stereocenters. The molecule has 2 aromatic carbocycles. The van der Waals surface area contributed by atoms with Crippen molar-refractivity contribution < 1.29 is 13.5 Å². The predicted molar refractivity (Wildman–Crippen MR) is 80.9 cm³/mol. The molecule has 0 heterocycles. The number of rotatable bonds is 4. The van der Waals surface area contributed by atoms with Crippen LogP contribution < -0.4 is 0 Å². The number of aromatic hydroxyl groups is 1. The van der Waals surface area contributed by atoms with E-state index in [1.165, 1.54) is 11.4 Å². The summed E-state index contributed by atoms with van der Waals surface area (Å²) in [7, 11) is -2.04. The van der Waals surface area contributed by atoms with Crippen LogP contribution in [0.5, 0.6) is 5.75 Å². The molecule has 2 rings (SSSR count). The molecule has 0 aliphatic carbocycles. The molecule has 0 fully saturated rings. The van der Waals surface area contributed by atoms with Crippen LogP contribution in [0.15, 0.2) is 57.9 Å². The number of halogens is 1. The summed E-state index contributed by atoms with van der Waals surface area (Å²) in [5, 5.41) is 9.41. The van der Waals surface area contributed by atoms with Crippen LogP contribution in [0.2, 0.25) is 0 Å². The first kappa shape index (κ1) is 15.0. The van der Waals surface area contributed by atoms with E-state index in [2.05, 4.69) is 15.9 Å². The predicted octanol–water partition coefficient (Wildman–Crippen LogP) is 2.98. The lowest BCUT2D eigenvalue weighted by Crippen LogP contribution is -2.26. The van der Waals surface area contributed by atoms with E-state index in [1.54, 1.807) is 48.5 Å². The van der Waals surface area contributed by atoms with E-state index in [-0.39, 0.29) is 17.2 Å². The Balaban J connectivity index is 2.26. The van der Waals surface area contributed by atoms with E-state index in [0.717, 1.165) is 5.56 Å². The van der Waals surface area contributed by atoms with Gasteiger partial charge in [-0.1, -0.05) is 34.1 Å². The summed E-state index contributed by atoms with van der Waals surface area (Å²) in [6.07, 6.45) is 0. The Hall–Kier alpha value is -1.37. The number of benzene rings is 2. The van der Waals surface area contributed by atoms with Gasteiger partial charge >= 0.3 is 0 Å². The summed E-state index contributed by atoms with van der Waals surface area (Å²) in [5.41, 5.74) is 0.728. The lowest BCUT2D eigenvalue weighted by molar-refractivity contribution is 0.458. The lowest BCUT2D eigenvalue weighted by Gasteiger charge is -2.17. The molecule has 0 bridgehead atoms. The fourth-order valence-corrected chi connectivity index (χ4v) is 3.56. The van der Waals surface area contributed by atoms with E-state index in [9.17, 15) is 13.5 Å². The summed E-state index contributed by atoms with van der Waals surface area (Å²) in [6.45, 7) is 0.198. The molecule has 20 heavy (non-hydrogen) atoms. The Morgan fingerprint density at radius 3 is 2.50 bits per heavy atom. The van der Waals surface area contributed by atoms with Gasteiger partial charge in [-0.3, -0.25) is 0 Å². The molecule has 6 heteroatoms. The highest BCUT2D eigenvalue weighted by molar-refractivity contribution is 9.10. The quantitative estimate of drug-likeness (QED) is 0.916. The van der Waals surface area contributed by atoms with Crippen molar-refractivity contribution in [3.63, 3.8) is 0 Å². The Labute approximate surface area is 126 Å². The van der Waals surface area contributed by atoms with Gasteiger partial charge in [0.15, 0.2) is 0 Å². The number of hydrogen-bond donors (Lipinski definition) is 1. The third-order valence-corrected chi connectivity index (χ3v) is 5.11. The van der Waals surface area contributed by atoms with Crippen molar-refractivity contribution in [1.82, 2.24) is 4.31 Å². The van der Waals surface area contributed by atoms with E-state index < -0.39 is 10.0 Å². The zero-order chi connectivity index (χ0) is 14.8. The summed E-state index contributed by atoms with van der Waals surface area (Å²) in [6, 6.07) is 13.1. The van der Waals surface area contributed by atoms with Crippen molar-refractivity contribution in [2.75, 3.05) is 7.05 Å². The van der Waals surface area contributed by atoms with E-state index in [0.29, 0.717) is 4.47 Å². The average Bonchev–Trinajstić information content (AvgIpc) is 2.38. The molecule has 0 aliphatic heterocycles. The van der Waals surface area contributed by atoms with Gasteiger partial charge in [-0.05, 0) is 35.9 Å². The second-order valence-corrected chi connectivity index (χ2v) is 7.35. The van der Waals surface area contributed by atoms with Gasteiger partial charge < -0.3 is 5.11 Å². The number of phenolic OH excluding ortho intramolecular Hbond substituents is 1. The molecule has 0 saturated carbocycles. The van der Waals surface area contributed by atoms with Gasteiger partial charge in [0.2, 0.25) is 10.0 Å². The fraction of sp³-hybridized carbons (Fsp3) is 0.143. The molecule has 1 N–H and O–H groups in total. The first-order valence-electron chi connectivity index (χ1n) is 5.89. The zero-order valence-corrected chi connectivity index (χ0v) is 13.2. The van der Waals surface area contributed by atoms with Crippen molar-refractivity contribution in [2.45, 2.75) is 11.4 Å². The highest BCUT2D eigenvalue weighted by Gasteiger charge is 2.21. The fourth-order valence-electron chi connectivity index (χ4n) is 1.80. The van der Waals surface area contributed by atoms with E-state index >= 15 is 0 Å². The van der Waals surface area contributed by atoms with Crippen LogP contribution in [-0.4, -0.2) is 24.9 Å². The van der Waals surface area contributed by atoms with Gasteiger partial charge in [-0.2, -0.15) is 4.31 Å². The van der Waals surface area contributed by atoms with Crippen molar-refractivity contribution in [2.24, 2.45) is 0 Å². The third-order valence-electron chi connectivity index (χ3n) is 2.82. The van der Waals surface area contributed by atoms with Gasteiger partial charge in [0, 0.05) is 18.1 Å². The average molecular weight is 356 g/mol. The molecule has 4 nitrogen and oxygen atoms in total. The monoisotopic (exact) mass is 355 g/mol. The maximum absolute atomic E-state index is 12.4. The number of nitrogens with zero attached hydrogens (tertiary/aromatic N) is 1. The second kappa shape index (κ2) is 5.95. The van der Waals surface area contributed by atoms with Crippen molar-refractivity contribution in [3.05, 3.63) is 58.6 Å². The normalized spacial score (nSPS) is 11.8. The van der Waals surface area contributed by atoms with Crippen LogP contribution in [0, 0.1) is 0 Å². The molecular formula is C14H14BrNO3S. The van der Waals surface area contributed by atoms with Crippen LogP contribution >= 0.6 is 15.9 Å². The first-order valence-corrected chi connectivity index (χ1v) is 8.13. The summed E-state index contributed by atoms with van der Waals surface area (Å²) >= 11 is 3.26. The summed E-state index contributed by atoms with van der Waals surface area (Å²) < 4.78 is 26.8. The molecule has 0 spiro atoms. The third kappa shape index (κ3) is 3.39. The topological polar surface area (TPSA) is 57.6 Å². The van der Waals surface area contributed by atoms with Crippen LogP contribution in [-0.2, 0) is 16.6 Å². The maximum atomic E-state index is 12.4. The van der Waals surface area contributed by atoms with E-state index in [1.807, 2.05) is 0 Å². The van der Waals surface area contributed by atoms with Gasteiger partial charge in [0.25, 0.3) is 0 Å². The molecule has 0 aliphatic rings. The molecule has 106 valence electrons. The SMILES string of the molecule is CN(Cc1cccc(O)c1)S(=O)(=O)c1cccc(Br)c1. The largest absolute Gasteiger partial charge is 0.508 e. The Morgan fingerprint density at radius 2 is 1.85 bits per heavy atom. The Morgan fingerprint density at radius 1 is 1.15 bits per heavy atom. The summed E-state index contributed by atoms with van der Waals surface area (Å²) in [4.78, 5) is 0.231. The first-order chi connectivity index (χ1) is 9.39. The van der Waals surface area contributed by atoms with Crippen molar-refractivity contribution >= 4 is 26.0 Å². The standard InChI is InChI=1S/C14H14BrNO3S/c1-16(10-11-4-2-6-13(17)8-11)20(18,19)14-7-3-5-12(15)9-14/h2-9,17H,10H2,1H3. The Bertz CT molecular complexity index is 716. The Kier molecular flexibility index (Phi) is 4.47. The number of sulfonamides is 1. The number of phenols is 1. The van der Waals surface area contributed by atoms with Crippen LogP contribution in [0.3, 0.4) is 0 Å². The molecule has 0 saturated heterocycles. The maximum Gasteiger partial charge on any atom is 0.243 e. The summed E-state index contributed by atoms with van der Waals surface area (Å²) in [5.74, 6) is 0.121. The number of hydrogen-bond acceptors (Lipinski definition) is 3. The van der Waals surface area contributed by atoms with Crippen LogP contribution in [0.4, 0.5) is 0 Å². The van der Waals surface area contributed by atoms with Crippen molar-refractivity contribution in [1.29, 1.82) is 0 Å². The molecule has 0 aromatic heterocycles. The highest BCUT2D eigenvalue weighted by atomic mass is 79.9. The van der Waals surface area contributed by atoms with Crippen LogP contribution in [0.25, 0.3) is 0 Å². The minimum atomic E-state index is -3.55. The van der Waals surface area contributed by atoms with Gasteiger partial charge in [-0.15, -0.1) is 0 Å². The second-order valence-electron chi connectivity index (χ2n) is 4.39. The molecule has 0 radical (unpaired) electrons. The smallest absolute Gasteiger partial charge is 0.243 e. The van der Waals surface area contributed by atoms with Gasteiger partial charge in [0.1, 0.15) is 5.75 Å². The molecular weight excluding hydrogens is 342 g/mol. The molecule has 0 amide bonds. The molecule has 0 unspecified atom stereocenters. The lowest BCUT2D eigenvalue weighted by atomic mass is 10.2. The van der Waals surface area contributed by atoms with Crippen LogP contribution in [0.1, 0.15) is 5.56 Å². The van der Waals surface area contributed by atoms with E-state index in [4.69, 9.17) is 0 Å². The minimum Gasteiger partial charge on any atom is -0.508 e. The van der Waals surface area contributed by atoms with Gasteiger partial charge in [-0.25, -0.2) is 8.42 Å². The van der Waals surface area contributed by atoms with Gasteiger partial charge in [0.05, 0.1) is 4.90 Å². The van der Waals surface area contributed by atoms with Crippen molar-refractivity contribution in [3.8, 4) is 5.75 Å². The molecule has 2 aromatic rings. The zero-order valence-electron chi connectivity index (χ0n) is 10.8. The minimum absolute atomic E-state index is 0.121.